The van der Waals surface area contributed by atoms with Crippen LogP contribution in [0.5, 0.6) is 0 Å². The van der Waals surface area contributed by atoms with Crippen molar-refractivity contribution in [3.63, 3.8) is 0 Å². The van der Waals surface area contributed by atoms with E-state index in [0.29, 0.717) is 24.7 Å². The van der Waals surface area contributed by atoms with Gasteiger partial charge in [-0.25, -0.2) is 0 Å². The van der Waals surface area contributed by atoms with Crippen LogP contribution < -0.4 is 0 Å². The highest BCUT2D eigenvalue weighted by Crippen LogP contribution is 2.19. The Morgan fingerprint density at radius 1 is 1.67 bits per heavy atom. The largest absolute Gasteiger partial charge is 0.480 e. The molecule has 6 heteroatoms. The maximum atomic E-state index is 10.9. The van der Waals surface area contributed by atoms with Crippen molar-refractivity contribution in [1.29, 1.82) is 0 Å². The minimum Gasteiger partial charge on any atom is -0.480 e. The van der Waals surface area contributed by atoms with Gasteiger partial charge in [-0.05, 0) is 19.4 Å². The summed E-state index contributed by atoms with van der Waals surface area (Å²) in [6.45, 7) is 2.92. The summed E-state index contributed by atoms with van der Waals surface area (Å²) in [5, 5.41) is 16.5. The Kier molecular flexibility index (Phi) is 2.68. The van der Waals surface area contributed by atoms with Gasteiger partial charge in [0.05, 0.1) is 6.54 Å². The zero-order chi connectivity index (χ0) is 10.8. The van der Waals surface area contributed by atoms with Gasteiger partial charge in [0.2, 0.25) is 11.8 Å². The summed E-state index contributed by atoms with van der Waals surface area (Å²) in [6, 6.07) is -0.405. The molecular formula is C9H13N3O3. The van der Waals surface area contributed by atoms with E-state index in [1.165, 1.54) is 0 Å². The number of nitrogens with zero attached hydrogens (tertiary/aromatic N) is 3. The van der Waals surface area contributed by atoms with Crippen LogP contribution >= 0.6 is 0 Å². The van der Waals surface area contributed by atoms with E-state index in [1.807, 2.05) is 4.90 Å². The molecule has 2 rings (SSSR count). The van der Waals surface area contributed by atoms with Crippen molar-refractivity contribution >= 4 is 5.97 Å². The number of hydrogen-bond donors (Lipinski definition) is 1. The van der Waals surface area contributed by atoms with Crippen LogP contribution in [0.3, 0.4) is 0 Å². The van der Waals surface area contributed by atoms with E-state index in [9.17, 15) is 4.79 Å². The van der Waals surface area contributed by atoms with E-state index in [4.69, 9.17) is 9.52 Å². The summed E-state index contributed by atoms with van der Waals surface area (Å²) in [5.74, 6) is 0.223. The van der Waals surface area contributed by atoms with Gasteiger partial charge in [-0.1, -0.05) is 0 Å². The molecule has 0 radical (unpaired) electrons. The zero-order valence-corrected chi connectivity index (χ0v) is 8.51. The monoisotopic (exact) mass is 211 g/mol. The van der Waals surface area contributed by atoms with Gasteiger partial charge in [-0.3, -0.25) is 9.69 Å². The van der Waals surface area contributed by atoms with Gasteiger partial charge in [0.25, 0.3) is 0 Å². The second-order valence-electron chi connectivity index (χ2n) is 3.68. The second-order valence-corrected chi connectivity index (χ2v) is 3.68. The number of aromatic nitrogens is 2. The summed E-state index contributed by atoms with van der Waals surface area (Å²) < 4.78 is 5.22. The first-order chi connectivity index (χ1) is 7.16. The average molecular weight is 211 g/mol. The minimum atomic E-state index is -0.774. The molecule has 0 saturated carbocycles. The lowest BCUT2D eigenvalue weighted by molar-refractivity contribution is -0.142. The maximum Gasteiger partial charge on any atom is 0.320 e. The van der Waals surface area contributed by atoms with Crippen LogP contribution in [0, 0.1) is 6.92 Å². The molecule has 6 nitrogen and oxygen atoms in total. The highest BCUT2D eigenvalue weighted by atomic mass is 16.4. The highest BCUT2D eigenvalue weighted by molar-refractivity contribution is 5.73. The van der Waals surface area contributed by atoms with E-state index in [2.05, 4.69) is 10.2 Å². The number of aliphatic carboxylic acids is 1. The van der Waals surface area contributed by atoms with Gasteiger partial charge in [0.1, 0.15) is 6.04 Å². The molecule has 0 bridgehead atoms. The third-order valence-corrected chi connectivity index (χ3v) is 2.55. The summed E-state index contributed by atoms with van der Waals surface area (Å²) >= 11 is 0. The lowest BCUT2D eigenvalue weighted by Gasteiger charge is -2.18. The summed E-state index contributed by atoms with van der Waals surface area (Å²) in [4.78, 5) is 12.8. The lowest BCUT2D eigenvalue weighted by Crippen LogP contribution is -2.35. The van der Waals surface area contributed by atoms with Crippen molar-refractivity contribution in [1.82, 2.24) is 15.1 Å². The molecule has 1 unspecified atom stereocenters. The van der Waals surface area contributed by atoms with E-state index in [0.717, 1.165) is 13.0 Å². The van der Waals surface area contributed by atoms with Gasteiger partial charge >= 0.3 is 5.97 Å². The molecular weight excluding hydrogens is 198 g/mol. The Balaban J connectivity index is 2.02. The quantitative estimate of drug-likeness (QED) is 0.780. The smallest absolute Gasteiger partial charge is 0.320 e. The van der Waals surface area contributed by atoms with Crippen LogP contribution in [0.25, 0.3) is 0 Å². The SMILES string of the molecule is Cc1nnc(CN2CCCC2C(=O)O)o1. The first-order valence-electron chi connectivity index (χ1n) is 4.92. The van der Waals surface area contributed by atoms with Gasteiger partial charge in [-0.2, -0.15) is 0 Å². The number of carbonyl (C=O) groups is 1. The summed E-state index contributed by atoms with van der Waals surface area (Å²) in [5.41, 5.74) is 0. The Morgan fingerprint density at radius 2 is 2.47 bits per heavy atom. The molecule has 1 aromatic rings. The number of aryl methyl sites for hydroxylation is 1. The molecule has 0 spiro atoms. The number of likely N-dealkylation sites (tertiary alicyclic amines) is 1. The first-order valence-corrected chi connectivity index (χ1v) is 4.92. The molecule has 0 aromatic carbocycles. The topological polar surface area (TPSA) is 79.5 Å². The van der Waals surface area contributed by atoms with Crippen LogP contribution in [-0.4, -0.2) is 38.8 Å². The zero-order valence-electron chi connectivity index (χ0n) is 8.51. The van der Waals surface area contributed by atoms with Crippen molar-refractivity contribution in [3.05, 3.63) is 11.8 Å². The molecule has 1 aromatic heterocycles. The number of rotatable bonds is 3. The fourth-order valence-corrected chi connectivity index (χ4v) is 1.87. The predicted octanol–water partition coefficient (Wildman–Crippen LogP) is 0.427. The van der Waals surface area contributed by atoms with Gasteiger partial charge in [0.15, 0.2) is 0 Å². The lowest BCUT2D eigenvalue weighted by atomic mass is 10.2. The standard InChI is InChI=1S/C9H13N3O3/c1-6-10-11-8(15-6)5-12-4-2-3-7(12)9(13)14/h7H,2-5H2,1H3,(H,13,14). The van der Waals surface area contributed by atoms with Crippen molar-refractivity contribution in [2.45, 2.75) is 32.4 Å². The molecule has 1 atom stereocenters. The fourth-order valence-electron chi connectivity index (χ4n) is 1.87. The minimum absolute atomic E-state index is 0.405. The first kappa shape index (κ1) is 10.1. The van der Waals surface area contributed by atoms with Crippen LogP contribution in [0.4, 0.5) is 0 Å². The van der Waals surface area contributed by atoms with Crippen molar-refractivity contribution < 1.29 is 14.3 Å². The fraction of sp³-hybridized carbons (Fsp3) is 0.667. The van der Waals surface area contributed by atoms with Gasteiger partial charge in [-0.15, -0.1) is 10.2 Å². The molecule has 1 fully saturated rings. The maximum absolute atomic E-state index is 10.9. The molecule has 15 heavy (non-hydrogen) atoms. The normalized spacial score (nSPS) is 22.1. The molecule has 1 aliphatic rings. The summed E-state index contributed by atoms with van der Waals surface area (Å²) in [6.07, 6.45) is 1.60. The van der Waals surface area contributed by atoms with Crippen molar-refractivity contribution in [3.8, 4) is 0 Å². The van der Waals surface area contributed by atoms with Gasteiger partial charge < -0.3 is 9.52 Å². The Hall–Kier alpha value is -1.43. The van der Waals surface area contributed by atoms with E-state index < -0.39 is 12.0 Å². The number of hydrogen-bond acceptors (Lipinski definition) is 5. The molecule has 1 N–H and O–H groups in total. The molecule has 0 aliphatic carbocycles. The van der Waals surface area contributed by atoms with Crippen LogP contribution in [0.1, 0.15) is 24.6 Å². The molecule has 1 saturated heterocycles. The van der Waals surface area contributed by atoms with E-state index in [1.54, 1.807) is 6.92 Å². The van der Waals surface area contributed by atoms with Crippen LogP contribution in [0.15, 0.2) is 4.42 Å². The van der Waals surface area contributed by atoms with Crippen molar-refractivity contribution in [2.24, 2.45) is 0 Å². The number of carboxylic acids is 1. The molecule has 0 amide bonds. The predicted molar refractivity (Wildman–Crippen MR) is 50.1 cm³/mol. The average Bonchev–Trinajstić information content (AvgIpc) is 2.75. The van der Waals surface area contributed by atoms with Crippen LogP contribution in [-0.2, 0) is 11.3 Å². The second kappa shape index (κ2) is 3.98. The number of carboxylic acid groups (broad SMARTS) is 1. The third-order valence-electron chi connectivity index (χ3n) is 2.55. The Morgan fingerprint density at radius 3 is 3.07 bits per heavy atom. The van der Waals surface area contributed by atoms with Crippen LogP contribution in [0.2, 0.25) is 0 Å². The van der Waals surface area contributed by atoms with E-state index >= 15 is 0 Å². The third kappa shape index (κ3) is 2.15. The molecule has 82 valence electrons. The van der Waals surface area contributed by atoms with Crippen molar-refractivity contribution in [2.75, 3.05) is 6.54 Å². The summed E-state index contributed by atoms with van der Waals surface area (Å²) in [7, 11) is 0. The van der Waals surface area contributed by atoms with Gasteiger partial charge in [0, 0.05) is 6.92 Å². The molecule has 2 heterocycles. The Labute approximate surface area is 86.9 Å². The van der Waals surface area contributed by atoms with E-state index in [-0.39, 0.29) is 0 Å². The highest BCUT2D eigenvalue weighted by Gasteiger charge is 2.31. The molecule has 1 aliphatic heterocycles. The Bertz CT molecular complexity index is 363.